The highest BCUT2D eigenvalue weighted by Gasteiger charge is 2.41. The summed E-state index contributed by atoms with van der Waals surface area (Å²) in [6.07, 6.45) is 2.53. The van der Waals surface area contributed by atoms with E-state index in [0.29, 0.717) is 16.8 Å². The summed E-state index contributed by atoms with van der Waals surface area (Å²) in [4.78, 5) is 4.30. The highest BCUT2D eigenvalue weighted by atomic mass is 19.4. The normalized spacial score (nSPS) is 12.1. The predicted molar refractivity (Wildman–Crippen MR) is 92.9 cm³/mol. The number of hydrogen-bond acceptors (Lipinski definition) is 4. The molecule has 0 amide bonds. The Morgan fingerprint density at radius 2 is 1.85 bits per heavy atom. The summed E-state index contributed by atoms with van der Waals surface area (Å²) in [6, 6.07) is 6.03. The average Bonchev–Trinajstić information content (AvgIpc) is 2.94. The molecule has 27 heavy (non-hydrogen) atoms. The van der Waals surface area contributed by atoms with Crippen LogP contribution in [0.3, 0.4) is 0 Å². The molecule has 2 aliphatic rings. The number of aromatic nitrogens is 4. The van der Waals surface area contributed by atoms with E-state index in [2.05, 4.69) is 10.1 Å². The second-order valence-electron chi connectivity index (χ2n) is 6.17. The van der Waals surface area contributed by atoms with Crippen molar-refractivity contribution in [2.24, 2.45) is 7.05 Å². The Morgan fingerprint density at radius 3 is 2.52 bits per heavy atom. The van der Waals surface area contributed by atoms with Gasteiger partial charge in [-0.2, -0.15) is 18.3 Å². The molecule has 0 saturated heterocycles. The Balaban J connectivity index is 0.00000180. The molecule has 0 unspecified atom stereocenters. The molecule has 0 aromatic carbocycles. The molecule has 0 bridgehead atoms. The SMILES string of the molecule is Cn1cnc(-c2cc(Oc3cc(C(F)(F)F)c4cc3-4)c3ccnn3c2)c1.N. The van der Waals surface area contributed by atoms with E-state index in [1.54, 1.807) is 35.4 Å². The summed E-state index contributed by atoms with van der Waals surface area (Å²) in [7, 11) is 1.86. The number of aryl methyl sites for hydroxylation is 1. The lowest BCUT2D eigenvalue weighted by Crippen LogP contribution is -2.02. The van der Waals surface area contributed by atoms with Crippen molar-refractivity contribution in [3.8, 4) is 33.9 Å². The van der Waals surface area contributed by atoms with Gasteiger partial charge in [0.25, 0.3) is 0 Å². The van der Waals surface area contributed by atoms with E-state index in [-0.39, 0.29) is 17.5 Å². The number of pyridine rings is 1. The van der Waals surface area contributed by atoms with Gasteiger partial charge in [-0.1, -0.05) is 0 Å². The minimum Gasteiger partial charge on any atom is -0.454 e. The molecule has 9 heteroatoms. The maximum Gasteiger partial charge on any atom is 0.417 e. The number of benzene rings is 1. The fourth-order valence-electron chi connectivity index (χ4n) is 3.04. The van der Waals surface area contributed by atoms with E-state index in [1.165, 1.54) is 6.07 Å². The van der Waals surface area contributed by atoms with E-state index in [9.17, 15) is 13.2 Å². The third-order valence-corrected chi connectivity index (χ3v) is 4.32. The fraction of sp³-hybridized carbons (Fsp3) is 0.111. The second kappa shape index (κ2) is 5.58. The van der Waals surface area contributed by atoms with Crippen molar-refractivity contribution < 1.29 is 17.9 Å². The molecule has 0 aliphatic heterocycles. The number of hydrogen-bond donors (Lipinski definition) is 1. The van der Waals surface area contributed by atoms with Crippen LogP contribution in [0.15, 0.2) is 49.2 Å². The highest BCUT2D eigenvalue weighted by molar-refractivity contribution is 5.91. The van der Waals surface area contributed by atoms with Gasteiger partial charge in [-0.25, -0.2) is 9.50 Å². The number of rotatable bonds is 3. The molecule has 6 nitrogen and oxygen atoms in total. The van der Waals surface area contributed by atoms with Crippen molar-refractivity contribution in [1.82, 2.24) is 25.3 Å². The molecule has 0 atom stereocenters. The van der Waals surface area contributed by atoms with Crippen LogP contribution in [0.25, 0.3) is 27.9 Å². The van der Waals surface area contributed by atoms with Crippen LogP contribution < -0.4 is 10.9 Å². The Labute approximate surface area is 151 Å². The van der Waals surface area contributed by atoms with Crippen LogP contribution in [0.5, 0.6) is 11.5 Å². The molecule has 3 aromatic rings. The summed E-state index contributed by atoms with van der Waals surface area (Å²) in [5, 5.41) is 4.21. The van der Waals surface area contributed by atoms with Crippen molar-refractivity contribution in [2.45, 2.75) is 6.18 Å². The van der Waals surface area contributed by atoms with Gasteiger partial charge in [0.1, 0.15) is 11.3 Å². The van der Waals surface area contributed by atoms with E-state index >= 15 is 0 Å². The first kappa shape index (κ1) is 17.1. The molecule has 3 N–H and O–H groups in total. The lowest BCUT2D eigenvalue weighted by molar-refractivity contribution is -0.136. The molecule has 0 saturated carbocycles. The quantitative estimate of drug-likeness (QED) is 0.498. The number of ether oxygens (including phenoxy) is 1. The molecular weight excluding hydrogens is 359 g/mol. The summed E-state index contributed by atoms with van der Waals surface area (Å²) < 4.78 is 48.4. The molecule has 138 valence electrons. The number of fused-ring (bicyclic) bond motifs is 2. The molecular formula is C18H14F3N5O. The van der Waals surface area contributed by atoms with Gasteiger partial charge < -0.3 is 15.5 Å². The minimum absolute atomic E-state index is 0. The minimum atomic E-state index is -4.39. The topological polar surface area (TPSA) is 79.3 Å². The maximum absolute atomic E-state index is 13.0. The zero-order valence-electron chi connectivity index (χ0n) is 14.2. The third kappa shape index (κ3) is 2.72. The Bertz CT molecular complexity index is 1180. The van der Waals surface area contributed by atoms with Crippen LogP contribution in [0.1, 0.15) is 5.56 Å². The lowest BCUT2D eigenvalue weighted by atomic mass is 10.2. The van der Waals surface area contributed by atoms with E-state index in [1.807, 2.05) is 17.8 Å². The van der Waals surface area contributed by atoms with Gasteiger partial charge in [0, 0.05) is 30.6 Å². The van der Waals surface area contributed by atoms with E-state index in [0.717, 1.165) is 17.3 Å². The van der Waals surface area contributed by atoms with Crippen molar-refractivity contribution >= 4 is 5.52 Å². The number of halogens is 3. The van der Waals surface area contributed by atoms with Gasteiger partial charge in [0.2, 0.25) is 0 Å². The summed E-state index contributed by atoms with van der Waals surface area (Å²) in [5.41, 5.74) is 2.18. The van der Waals surface area contributed by atoms with Crippen LogP contribution in [-0.4, -0.2) is 19.2 Å². The van der Waals surface area contributed by atoms with Crippen LogP contribution in [0, 0.1) is 0 Å². The van der Waals surface area contributed by atoms with Gasteiger partial charge in [0.05, 0.1) is 23.8 Å². The Kier molecular flexibility index (Phi) is 3.54. The first-order valence-corrected chi connectivity index (χ1v) is 7.79. The second-order valence-corrected chi connectivity index (χ2v) is 6.17. The lowest BCUT2D eigenvalue weighted by Gasteiger charge is -2.09. The largest absolute Gasteiger partial charge is 0.454 e. The fourth-order valence-corrected chi connectivity index (χ4v) is 3.04. The monoisotopic (exact) mass is 373 g/mol. The Morgan fingerprint density at radius 1 is 1.04 bits per heavy atom. The Hall–Kier alpha value is -3.33. The van der Waals surface area contributed by atoms with Crippen LogP contribution in [0.2, 0.25) is 0 Å². The van der Waals surface area contributed by atoms with Crippen LogP contribution in [0.4, 0.5) is 13.2 Å². The van der Waals surface area contributed by atoms with Crippen molar-refractivity contribution in [3.05, 3.63) is 54.7 Å². The van der Waals surface area contributed by atoms with Crippen molar-refractivity contribution in [2.75, 3.05) is 0 Å². The molecule has 0 spiro atoms. The zero-order chi connectivity index (χ0) is 18.1. The molecule has 3 aromatic heterocycles. The highest BCUT2D eigenvalue weighted by Crippen LogP contribution is 2.53. The average molecular weight is 373 g/mol. The smallest absolute Gasteiger partial charge is 0.417 e. The number of imidazole rings is 1. The predicted octanol–water partition coefficient (Wildman–Crippen LogP) is 4.69. The van der Waals surface area contributed by atoms with Crippen molar-refractivity contribution in [3.63, 3.8) is 0 Å². The van der Waals surface area contributed by atoms with Gasteiger partial charge in [-0.15, -0.1) is 0 Å². The summed E-state index contributed by atoms with van der Waals surface area (Å²) >= 11 is 0. The summed E-state index contributed by atoms with van der Waals surface area (Å²) in [5.74, 6) is 0.626. The third-order valence-electron chi connectivity index (χ3n) is 4.32. The number of alkyl halides is 3. The van der Waals surface area contributed by atoms with Gasteiger partial charge >= 0.3 is 6.18 Å². The van der Waals surface area contributed by atoms with Crippen LogP contribution in [-0.2, 0) is 13.2 Å². The van der Waals surface area contributed by atoms with E-state index < -0.39 is 11.7 Å². The van der Waals surface area contributed by atoms with Gasteiger partial charge in [0.15, 0.2) is 5.75 Å². The molecule has 2 aliphatic carbocycles. The molecule has 0 fully saturated rings. The summed E-state index contributed by atoms with van der Waals surface area (Å²) in [6.45, 7) is 0. The van der Waals surface area contributed by atoms with Crippen molar-refractivity contribution in [1.29, 1.82) is 0 Å². The first-order chi connectivity index (χ1) is 12.4. The van der Waals surface area contributed by atoms with Gasteiger partial charge in [-0.05, 0) is 29.8 Å². The molecule has 3 heterocycles. The number of nitrogens with zero attached hydrogens (tertiary/aromatic N) is 4. The van der Waals surface area contributed by atoms with Crippen LogP contribution >= 0.6 is 0 Å². The zero-order valence-corrected chi connectivity index (χ0v) is 14.2. The molecule has 5 rings (SSSR count). The molecule has 0 radical (unpaired) electrons. The maximum atomic E-state index is 13.0. The standard InChI is InChI=1S/C18H11F3N4O.H3N/c1-24-8-14(22-9-24)10-4-17(15-2-3-23-25(15)7-10)26-16-6-13(18(19,20)21)11-5-12(11)16;/h2-9H,1H3;1H3. The van der Waals surface area contributed by atoms with Gasteiger partial charge in [-0.3, -0.25) is 0 Å². The van der Waals surface area contributed by atoms with E-state index in [4.69, 9.17) is 4.74 Å². The first-order valence-electron chi connectivity index (χ1n) is 7.79.